The molecular weight excluding hydrogens is 272 g/mol. The summed E-state index contributed by atoms with van der Waals surface area (Å²) in [4.78, 5) is 30.6. The molecule has 0 bridgehead atoms. The van der Waals surface area contributed by atoms with Gasteiger partial charge in [0.2, 0.25) is 0 Å². The van der Waals surface area contributed by atoms with E-state index < -0.39 is 20.3 Å². The van der Waals surface area contributed by atoms with E-state index in [1.807, 2.05) is 0 Å². The highest BCUT2D eigenvalue weighted by atomic mass is 31.2. The molecule has 1 aromatic heterocycles. The summed E-state index contributed by atoms with van der Waals surface area (Å²) in [5, 5.41) is 6.23. The molecule has 0 aromatic carbocycles. The monoisotopic (exact) mass is 283 g/mol. The molecule has 2 unspecified atom stereocenters. The maximum atomic E-state index is 11.6. The first-order valence-corrected chi connectivity index (χ1v) is 7.47. The molecule has 96 valence electrons. The van der Waals surface area contributed by atoms with Gasteiger partial charge in [0.1, 0.15) is 5.75 Å². The molecule has 17 heavy (non-hydrogen) atoms. The number of rotatable bonds is 4. The molecule has 10 heteroatoms. The van der Waals surface area contributed by atoms with E-state index in [0.717, 1.165) is 6.20 Å². The Bertz CT molecular complexity index is 482. The minimum Gasteiger partial charge on any atom is -0.421 e. The largest absolute Gasteiger partial charge is 0.421 e. The van der Waals surface area contributed by atoms with Crippen molar-refractivity contribution in [2.24, 2.45) is 0 Å². The summed E-state index contributed by atoms with van der Waals surface area (Å²) in [6.07, 6.45) is 2.44. The molecule has 2 atom stereocenters. The molecule has 0 radical (unpaired) electrons. The highest BCUT2D eigenvalue weighted by molar-refractivity contribution is 7.72. The summed E-state index contributed by atoms with van der Waals surface area (Å²) >= 11 is 0. The third-order valence-electron chi connectivity index (χ3n) is 1.95. The normalized spacial score (nSPS) is 19.1. The molecule has 0 aliphatic rings. The highest BCUT2D eigenvalue weighted by Crippen LogP contribution is 2.69. The Labute approximate surface area is 96.6 Å². The summed E-state index contributed by atoms with van der Waals surface area (Å²) in [6, 6.07) is 2.65. The van der Waals surface area contributed by atoms with Crippen LogP contribution in [-0.4, -0.2) is 29.9 Å². The second kappa shape index (κ2) is 4.49. The number of hydrogen-bond acceptors (Lipinski definition) is 5. The lowest BCUT2D eigenvalue weighted by molar-refractivity contribution is 0.148. The van der Waals surface area contributed by atoms with E-state index in [4.69, 9.17) is 9.79 Å². The SMILES string of the molecule is CC(O)(P(=O)(O)O)P(=O)(O)Oc1cccnc1. The zero-order chi connectivity index (χ0) is 13.3. The lowest BCUT2D eigenvalue weighted by Crippen LogP contribution is -2.26. The average Bonchev–Trinajstić information content (AvgIpc) is 2.16. The number of aromatic nitrogens is 1. The molecular formula is C7H11NO7P2. The highest BCUT2D eigenvalue weighted by Gasteiger charge is 2.58. The fraction of sp³-hybridized carbons (Fsp3) is 0.286. The number of pyridine rings is 1. The number of hydrogen-bond donors (Lipinski definition) is 4. The van der Waals surface area contributed by atoms with Crippen molar-refractivity contribution in [3.63, 3.8) is 0 Å². The summed E-state index contributed by atoms with van der Waals surface area (Å²) in [5.41, 5.74) is 0. The average molecular weight is 283 g/mol. The lowest BCUT2D eigenvalue weighted by Gasteiger charge is -2.28. The molecule has 0 amide bonds. The summed E-state index contributed by atoms with van der Waals surface area (Å²) in [7, 11) is -10.2. The van der Waals surface area contributed by atoms with Gasteiger partial charge in [-0.2, -0.15) is 0 Å². The van der Waals surface area contributed by atoms with Gasteiger partial charge in [-0.05, 0) is 19.1 Å². The minimum atomic E-state index is -5.23. The summed E-state index contributed by atoms with van der Waals surface area (Å²) < 4.78 is 27.0. The van der Waals surface area contributed by atoms with Gasteiger partial charge in [0.25, 0.3) is 5.08 Å². The Kier molecular flexibility index (Phi) is 3.78. The Morgan fingerprint density at radius 2 is 1.94 bits per heavy atom. The van der Waals surface area contributed by atoms with Crippen LogP contribution in [0.5, 0.6) is 5.75 Å². The fourth-order valence-electron chi connectivity index (χ4n) is 0.795. The summed E-state index contributed by atoms with van der Waals surface area (Å²) in [6.45, 7) is 0.533. The van der Waals surface area contributed by atoms with Crippen molar-refractivity contribution < 1.29 is 33.4 Å². The van der Waals surface area contributed by atoms with Gasteiger partial charge in [0, 0.05) is 6.20 Å². The molecule has 8 nitrogen and oxygen atoms in total. The molecule has 0 saturated heterocycles. The Balaban J connectivity index is 3.05. The van der Waals surface area contributed by atoms with Gasteiger partial charge in [0.15, 0.2) is 0 Å². The quantitative estimate of drug-likeness (QED) is 0.586. The molecule has 0 saturated carbocycles. The summed E-state index contributed by atoms with van der Waals surface area (Å²) in [5.74, 6) is -0.188. The van der Waals surface area contributed by atoms with Crippen LogP contribution in [-0.2, 0) is 9.13 Å². The van der Waals surface area contributed by atoms with Crippen LogP contribution in [0.1, 0.15) is 6.92 Å². The van der Waals surface area contributed by atoms with Gasteiger partial charge in [0.05, 0.1) is 6.20 Å². The van der Waals surface area contributed by atoms with Crippen LogP contribution < -0.4 is 4.52 Å². The maximum absolute atomic E-state index is 11.6. The maximum Gasteiger partial charge on any atom is 0.420 e. The molecule has 0 aliphatic carbocycles. The van der Waals surface area contributed by atoms with Crippen LogP contribution in [0, 0.1) is 0 Å². The van der Waals surface area contributed by atoms with E-state index in [1.165, 1.54) is 18.3 Å². The van der Waals surface area contributed by atoms with E-state index in [0.29, 0.717) is 6.92 Å². The zero-order valence-electron chi connectivity index (χ0n) is 8.66. The zero-order valence-corrected chi connectivity index (χ0v) is 10.5. The third kappa shape index (κ3) is 2.93. The topological polar surface area (TPSA) is 137 Å². The first kappa shape index (κ1) is 14.3. The van der Waals surface area contributed by atoms with E-state index >= 15 is 0 Å². The predicted molar refractivity (Wildman–Crippen MR) is 57.4 cm³/mol. The third-order valence-corrected chi connectivity index (χ3v) is 6.12. The molecule has 1 heterocycles. The van der Waals surface area contributed by atoms with Crippen molar-refractivity contribution in [1.82, 2.24) is 4.98 Å². The van der Waals surface area contributed by atoms with E-state index in [-0.39, 0.29) is 5.75 Å². The second-order valence-electron chi connectivity index (χ2n) is 3.32. The van der Waals surface area contributed by atoms with Crippen molar-refractivity contribution in [2.45, 2.75) is 12.0 Å². The minimum absolute atomic E-state index is 0.188. The van der Waals surface area contributed by atoms with E-state index in [9.17, 15) is 19.1 Å². The fourth-order valence-corrected chi connectivity index (χ4v) is 2.80. The molecule has 0 aliphatic heterocycles. The number of aliphatic hydroxyl groups is 1. The first-order chi connectivity index (χ1) is 7.58. The van der Waals surface area contributed by atoms with Crippen molar-refractivity contribution >= 4 is 15.2 Å². The van der Waals surface area contributed by atoms with Gasteiger partial charge >= 0.3 is 15.2 Å². The van der Waals surface area contributed by atoms with Crippen LogP contribution in [0.4, 0.5) is 0 Å². The van der Waals surface area contributed by atoms with Crippen LogP contribution in [0.15, 0.2) is 24.5 Å². The van der Waals surface area contributed by atoms with Gasteiger partial charge in [-0.15, -0.1) is 0 Å². The van der Waals surface area contributed by atoms with Gasteiger partial charge in [-0.3, -0.25) is 9.55 Å². The predicted octanol–water partition coefficient (Wildman–Crippen LogP) is 0.489. The number of nitrogens with zero attached hydrogens (tertiary/aromatic N) is 1. The lowest BCUT2D eigenvalue weighted by atomic mass is 10.5. The van der Waals surface area contributed by atoms with Crippen molar-refractivity contribution in [2.75, 3.05) is 0 Å². The molecule has 4 N–H and O–H groups in total. The molecule has 1 rings (SSSR count). The first-order valence-electron chi connectivity index (χ1n) is 4.28. The van der Waals surface area contributed by atoms with E-state index in [2.05, 4.69) is 9.51 Å². The van der Waals surface area contributed by atoms with E-state index in [1.54, 1.807) is 0 Å². The van der Waals surface area contributed by atoms with Crippen molar-refractivity contribution in [1.29, 1.82) is 0 Å². The smallest absolute Gasteiger partial charge is 0.420 e. The Hall–Kier alpha value is -0.750. The molecule has 1 aromatic rings. The van der Waals surface area contributed by atoms with Crippen LogP contribution in [0.3, 0.4) is 0 Å². The van der Waals surface area contributed by atoms with Gasteiger partial charge in [-0.1, -0.05) is 0 Å². The van der Waals surface area contributed by atoms with Gasteiger partial charge < -0.3 is 24.3 Å². The molecule has 0 spiro atoms. The van der Waals surface area contributed by atoms with Gasteiger partial charge in [-0.25, -0.2) is 4.57 Å². The Morgan fingerprint density at radius 3 is 2.35 bits per heavy atom. The van der Waals surface area contributed by atoms with Crippen LogP contribution >= 0.6 is 15.2 Å². The van der Waals surface area contributed by atoms with Crippen LogP contribution in [0.25, 0.3) is 0 Å². The second-order valence-corrected chi connectivity index (χ2v) is 7.72. The Morgan fingerprint density at radius 1 is 1.35 bits per heavy atom. The van der Waals surface area contributed by atoms with Crippen molar-refractivity contribution in [3.8, 4) is 5.75 Å². The molecule has 0 fully saturated rings. The van der Waals surface area contributed by atoms with Crippen molar-refractivity contribution in [3.05, 3.63) is 24.5 Å². The van der Waals surface area contributed by atoms with Crippen LogP contribution in [0.2, 0.25) is 0 Å². The standard InChI is InChI=1S/C7H11NO7P2/c1-7(9,16(10,11)12)17(13,14)15-6-3-2-4-8-5-6/h2-5,9H,1H3,(H,13,14)(H2,10,11,12).